The fourth-order valence-electron chi connectivity index (χ4n) is 2.10. The van der Waals surface area contributed by atoms with Crippen molar-refractivity contribution in [2.45, 2.75) is 32.5 Å². The Kier molecular flexibility index (Phi) is 6.00. The van der Waals surface area contributed by atoms with Crippen molar-refractivity contribution >= 4 is 6.03 Å². The van der Waals surface area contributed by atoms with Crippen LogP contribution in [-0.4, -0.2) is 49.4 Å². The van der Waals surface area contributed by atoms with Gasteiger partial charge in [0.05, 0.1) is 19.2 Å². The van der Waals surface area contributed by atoms with Gasteiger partial charge in [-0.05, 0) is 37.6 Å². The standard InChI is InChI=1S/C16H23FN2O3/c1-3-8-21-12(2)9-18-16(20)19-10-15(11-19)22-14-6-4-13(17)5-7-14/h4-7,12,15H,3,8-11H2,1-2H3,(H,18,20). The third-order valence-corrected chi connectivity index (χ3v) is 3.40. The van der Waals surface area contributed by atoms with E-state index in [9.17, 15) is 9.18 Å². The summed E-state index contributed by atoms with van der Waals surface area (Å²) >= 11 is 0. The molecule has 0 saturated carbocycles. The number of benzene rings is 1. The first-order valence-corrected chi connectivity index (χ1v) is 7.65. The average molecular weight is 310 g/mol. The van der Waals surface area contributed by atoms with E-state index in [1.165, 1.54) is 12.1 Å². The average Bonchev–Trinajstić information content (AvgIpc) is 2.47. The molecule has 122 valence electrons. The van der Waals surface area contributed by atoms with Crippen LogP contribution >= 0.6 is 0 Å². The van der Waals surface area contributed by atoms with Gasteiger partial charge in [-0.2, -0.15) is 0 Å². The van der Waals surface area contributed by atoms with Crippen LogP contribution in [0.1, 0.15) is 20.3 Å². The summed E-state index contributed by atoms with van der Waals surface area (Å²) in [5.74, 6) is 0.328. The molecule has 1 atom stereocenters. The van der Waals surface area contributed by atoms with E-state index in [1.54, 1.807) is 17.0 Å². The van der Waals surface area contributed by atoms with Crippen molar-refractivity contribution in [3.8, 4) is 5.75 Å². The highest BCUT2D eigenvalue weighted by Crippen LogP contribution is 2.18. The van der Waals surface area contributed by atoms with Crippen molar-refractivity contribution in [1.82, 2.24) is 10.2 Å². The highest BCUT2D eigenvalue weighted by molar-refractivity contribution is 5.75. The van der Waals surface area contributed by atoms with Gasteiger partial charge in [-0.15, -0.1) is 0 Å². The van der Waals surface area contributed by atoms with Crippen molar-refractivity contribution in [1.29, 1.82) is 0 Å². The van der Waals surface area contributed by atoms with Crippen molar-refractivity contribution in [2.24, 2.45) is 0 Å². The Morgan fingerprint density at radius 3 is 2.73 bits per heavy atom. The first-order valence-electron chi connectivity index (χ1n) is 7.65. The molecule has 1 heterocycles. The summed E-state index contributed by atoms with van der Waals surface area (Å²) in [5, 5.41) is 2.84. The number of rotatable bonds is 7. The van der Waals surface area contributed by atoms with E-state index >= 15 is 0 Å². The Labute approximate surface area is 130 Å². The zero-order chi connectivity index (χ0) is 15.9. The molecule has 5 nitrogen and oxygen atoms in total. The number of nitrogens with one attached hydrogen (secondary N) is 1. The monoisotopic (exact) mass is 310 g/mol. The smallest absolute Gasteiger partial charge is 0.317 e. The minimum atomic E-state index is -0.290. The lowest BCUT2D eigenvalue weighted by Gasteiger charge is -2.39. The highest BCUT2D eigenvalue weighted by Gasteiger charge is 2.32. The van der Waals surface area contributed by atoms with Gasteiger partial charge in [0.1, 0.15) is 17.7 Å². The largest absolute Gasteiger partial charge is 0.487 e. The fourth-order valence-corrected chi connectivity index (χ4v) is 2.10. The maximum atomic E-state index is 12.8. The van der Waals surface area contributed by atoms with Crippen molar-refractivity contribution in [2.75, 3.05) is 26.2 Å². The second kappa shape index (κ2) is 7.98. The SMILES string of the molecule is CCCOC(C)CNC(=O)N1CC(Oc2ccc(F)cc2)C1. The van der Waals surface area contributed by atoms with E-state index < -0.39 is 0 Å². The molecule has 0 aliphatic carbocycles. The fraction of sp³-hybridized carbons (Fsp3) is 0.562. The van der Waals surface area contributed by atoms with Gasteiger partial charge in [-0.1, -0.05) is 6.92 Å². The molecule has 1 aromatic rings. The molecule has 6 heteroatoms. The van der Waals surface area contributed by atoms with Crippen LogP contribution in [0.3, 0.4) is 0 Å². The number of carbonyl (C=O) groups is 1. The molecule has 2 rings (SSSR count). The van der Waals surface area contributed by atoms with Crippen LogP contribution in [-0.2, 0) is 4.74 Å². The van der Waals surface area contributed by atoms with Crippen LogP contribution in [0, 0.1) is 5.82 Å². The van der Waals surface area contributed by atoms with Gasteiger partial charge >= 0.3 is 6.03 Å². The molecule has 1 aliphatic heterocycles. The van der Waals surface area contributed by atoms with E-state index in [4.69, 9.17) is 9.47 Å². The second-order valence-electron chi connectivity index (χ2n) is 5.47. The maximum absolute atomic E-state index is 12.8. The van der Waals surface area contributed by atoms with Crippen LogP contribution in [0.2, 0.25) is 0 Å². The lowest BCUT2D eigenvalue weighted by atomic mass is 10.2. The summed E-state index contributed by atoms with van der Waals surface area (Å²) in [7, 11) is 0. The normalized spacial score (nSPS) is 16.0. The van der Waals surface area contributed by atoms with Crippen LogP contribution < -0.4 is 10.1 Å². The summed E-state index contributed by atoms with van der Waals surface area (Å²) in [5.41, 5.74) is 0. The summed E-state index contributed by atoms with van der Waals surface area (Å²) in [6.45, 7) is 6.26. The van der Waals surface area contributed by atoms with E-state index in [0.29, 0.717) is 32.0 Å². The molecule has 1 saturated heterocycles. The summed E-state index contributed by atoms with van der Waals surface area (Å²) in [6, 6.07) is 5.79. The van der Waals surface area contributed by atoms with E-state index in [1.807, 2.05) is 13.8 Å². The number of hydrogen-bond acceptors (Lipinski definition) is 3. The molecule has 1 aliphatic rings. The number of hydrogen-bond donors (Lipinski definition) is 1. The Bertz CT molecular complexity index is 475. The van der Waals surface area contributed by atoms with Gasteiger partial charge in [0.15, 0.2) is 0 Å². The Hall–Kier alpha value is -1.82. The van der Waals surface area contributed by atoms with Crippen molar-refractivity contribution in [3.63, 3.8) is 0 Å². The second-order valence-corrected chi connectivity index (χ2v) is 5.47. The minimum absolute atomic E-state index is 0.0106. The number of nitrogens with zero attached hydrogens (tertiary/aromatic N) is 1. The Morgan fingerprint density at radius 1 is 1.41 bits per heavy atom. The number of amides is 2. The zero-order valence-corrected chi connectivity index (χ0v) is 13.0. The molecule has 0 aromatic heterocycles. The molecule has 1 aromatic carbocycles. The third kappa shape index (κ3) is 4.87. The number of likely N-dealkylation sites (tertiary alicyclic amines) is 1. The van der Waals surface area contributed by atoms with Gasteiger partial charge < -0.3 is 19.7 Å². The molecular weight excluding hydrogens is 287 g/mol. The first kappa shape index (κ1) is 16.5. The topological polar surface area (TPSA) is 50.8 Å². The molecule has 2 amide bonds. The first-order chi connectivity index (χ1) is 10.6. The van der Waals surface area contributed by atoms with Gasteiger partial charge in [0, 0.05) is 13.2 Å². The number of urea groups is 1. The van der Waals surface area contributed by atoms with E-state index in [2.05, 4.69) is 5.32 Å². The highest BCUT2D eigenvalue weighted by atomic mass is 19.1. The van der Waals surface area contributed by atoms with Crippen LogP contribution in [0.5, 0.6) is 5.75 Å². The van der Waals surface area contributed by atoms with Gasteiger partial charge in [0.25, 0.3) is 0 Å². The summed E-state index contributed by atoms with van der Waals surface area (Å²) < 4.78 is 23.9. The minimum Gasteiger partial charge on any atom is -0.487 e. The predicted molar refractivity (Wildman–Crippen MR) is 81.5 cm³/mol. The van der Waals surface area contributed by atoms with Crippen molar-refractivity contribution < 1.29 is 18.7 Å². The van der Waals surface area contributed by atoms with E-state index in [0.717, 1.165) is 6.42 Å². The third-order valence-electron chi connectivity index (χ3n) is 3.40. The molecule has 1 fully saturated rings. The number of halogens is 1. The number of carbonyl (C=O) groups excluding carboxylic acids is 1. The number of ether oxygens (including phenoxy) is 2. The molecule has 0 spiro atoms. The summed E-state index contributed by atoms with van der Waals surface area (Å²) in [6.07, 6.45) is 0.939. The molecule has 22 heavy (non-hydrogen) atoms. The molecule has 1 N–H and O–H groups in total. The Balaban J connectivity index is 1.63. The molecular formula is C16H23FN2O3. The van der Waals surface area contributed by atoms with E-state index in [-0.39, 0.29) is 24.1 Å². The van der Waals surface area contributed by atoms with Gasteiger partial charge in [0.2, 0.25) is 0 Å². The van der Waals surface area contributed by atoms with Gasteiger partial charge in [-0.3, -0.25) is 0 Å². The van der Waals surface area contributed by atoms with Crippen LogP contribution in [0.25, 0.3) is 0 Å². The van der Waals surface area contributed by atoms with Gasteiger partial charge in [-0.25, -0.2) is 9.18 Å². The van der Waals surface area contributed by atoms with Crippen LogP contribution in [0.15, 0.2) is 24.3 Å². The maximum Gasteiger partial charge on any atom is 0.317 e. The molecule has 0 radical (unpaired) electrons. The molecule has 0 bridgehead atoms. The lowest BCUT2D eigenvalue weighted by molar-refractivity contribution is 0.0388. The zero-order valence-electron chi connectivity index (χ0n) is 13.0. The molecule has 1 unspecified atom stereocenters. The lowest BCUT2D eigenvalue weighted by Crippen LogP contribution is -2.59. The predicted octanol–water partition coefficient (Wildman–Crippen LogP) is 2.41. The summed E-state index contributed by atoms with van der Waals surface area (Å²) in [4.78, 5) is 13.6. The quantitative estimate of drug-likeness (QED) is 0.841. The van der Waals surface area contributed by atoms with Crippen molar-refractivity contribution in [3.05, 3.63) is 30.1 Å². The van der Waals surface area contributed by atoms with Crippen LogP contribution in [0.4, 0.5) is 9.18 Å². The Morgan fingerprint density at radius 2 is 2.09 bits per heavy atom.